The minimum absolute atomic E-state index is 0.175. The van der Waals surface area contributed by atoms with E-state index < -0.39 is 54.3 Å². The number of aliphatic carboxylic acids is 2. The standard InChI is InChI=1S/C21H37N5O7S/c1-34-12-9-15(21(32)33)25-18(29)14(7-8-17(27)28)24-19(30)16-6-4-11-26(16)20(31)13(23)5-2-3-10-22/h13-16H,2-12,22-23H2,1H3,(H,24,30)(H,25,29)(H,27,28)(H,32,33). The van der Waals surface area contributed by atoms with Crippen molar-refractivity contribution in [3.8, 4) is 0 Å². The first-order chi connectivity index (χ1) is 16.1. The third-order valence-electron chi connectivity index (χ3n) is 5.63. The maximum absolute atomic E-state index is 13.0. The number of thioether (sulfide) groups is 1. The predicted molar refractivity (Wildman–Crippen MR) is 127 cm³/mol. The van der Waals surface area contributed by atoms with E-state index in [1.807, 2.05) is 0 Å². The van der Waals surface area contributed by atoms with Gasteiger partial charge in [-0.05, 0) is 57.1 Å². The second-order valence-corrected chi connectivity index (χ2v) is 9.24. The highest BCUT2D eigenvalue weighted by atomic mass is 32.2. The topological polar surface area (TPSA) is 205 Å². The second-order valence-electron chi connectivity index (χ2n) is 8.26. The fraction of sp³-hybridized carbons (Fsp3) is 0.762. The number of likely N-dealkylation sites (tertiary alicyclic amines) is 1. The Labute approximate surface area is 203 Å². The molecule has 1 aliphatic rings. The summed E-state index contributed by atoms with van der Waals surface area (Å²) in [4.78, 5) is 62.4. The Morgan fingerprint density at radius 3 is 2.35 bits per heavy atom. The normalized spacial score (nSPS) is 18.1. The zero-order chi connectivity index (χ0) is 25.7. The first-order valence-corrected chi connectivity index (χ1v) is 12.8. The van der Waals surface area contributed by atoms with Gasteiger partial charge in [0, 0.05) is 13.0 Å². The van der Waals surface area contributed by atoms with Gasteiger partial charge >= 0.3 is 11.9 Å². The van der Waals surface area contributed by atoms with Crippen LogP contribution in [0.3, 0.4) is 0 Å². The number of carboxylic acid groups (broad SMARTS) is 2. The number of nitrogens with zero attached hydrogens (tertiary/aromatic N) is 1. The molecule has 0 radical (unpaired) electrons. The number of amides is 3. The molecule has 0 bridgehead atoms. The molecule has 3 amide bonds. The molecule has 4 atom stereocenters. The van der Waals surface area contributed by atoms with Crippen molar-refractivity contribution < 1.29 is 34.2 Å². The minimum Gasteiger partial charge on any atom is -0.481 e. The highest BCUT2D eigenvalue weighted by Gasteiger charge is 2.37. The van der Waals surface area contributed by atoms with Crippen molar-refractivity contribution in [2.75, 3.05) is 25.1 Å². The highest BCUT2D eigenvalue weighted by molar-refractivity contribution is 7.98. The van der Waals surface area contributed by atoms with Crippen LogP contribution in [0.4, 0.5) is 0 Å². The lowest BCUT2D eigenvalue weighted by atomic mass is 10.1. The molecule has 1 fully saturated rings. The number of hydrogen-bond acceptors (Lipinski definition) is 8. The van der Waals surface area contributed by atoms with Gasteiger partial charge in [-0.1, -0.05) is 6.42 Å². The van der Waals surface area contributed by atoms with Crippen molar-refractivity contribution in [2.24, 2.45) is 11.5 Å². The Hall–Kier alpha value is -2.38. The maximum Gasteiger partial charge on any atom is 0.326 e. The fourth-order valence-corrected chi connectivity index (χ4v) is 4.19. The van der Waals surface area contributed by atoms with Gasteiger partial charge in [0.1, 0.15) is 18.1 Å². The van der Waals surface area contributed by atoms with E-state index in [0.29, 0.717) is 44.5 Å². The first kappa shape index (κ1) is 29.7. The van der Waals surface area contributed by atoms with Crippen molar-refractivity contribution in [3.05, 3.63) is 0 Å². The maximum atomic E-state index is 13.0. The van der Waals surface area contributed by atoms with Gasteiger partial charge in [-0.15, -0.1) is 0 Å². The van der Waals surface area contributed by atoms with Crippen LogP contribution in [0.15, 0.2) is 0 Å². The Morgan fingerprint density at radius 1 is 1.06 bits per heavy atom. The molecule has 8 N–H and O–H groups in total. The van der Waals surface area contributed by atoms with E-state index in [2.05, 4.69) is 10.6 Å². The minimum atomic E-state index is -1.25. The predicted octanol–water partition coefficient (Wildman–Crippen LogP) is -0.894. The van der Waals surface area contributed by atoms with Crippen LogP contribution in [-0.4, -0.2) is 94.0 Å². The molecule has 1 saturated heterocycles. The average molecular weight is 504 g/mol. The lowest BCUT2D eigenvalue weighted by Gasteiger charge is -2.28. The van der Waals surface area contributed by atoms with Gasteiger partial charge in [0.15, 0.2) is 0 Å². The van der Waals surface area contributed by atoms with Crippen LogP contribution < -0.4 is 22.1 Å². The van der Waals surface area contributed by atoms with E-state index >= 15 is 0 Å². The summed E-state index contributed by atoms with van der Waals surface area (Å²) >= 11 is 1.42. The fourth-order valence-electron chi connectivity index (χ4n) is 3.72. The molecule has 194 valence electrons. The van der Waals surface area contributed by atoms with Crippen molar-refractivity contribution in [2.45, 2.75) is 75.5 Å². The molecule has 1 aliphatic heterocycles. The van der Waals surface area contributed by atoms with Crippen LogP contribution in [0, 0.1) is 0 Å². The highest BCUT2D eigenvalue weighted by Crippen LogP contribution is 2.20. The quantitative estimate of drug-likeness (QED) is 0.143. The zero-order valence-corrected chi connectivity index (χ0v) is 20.3. The van der Waals surface area contributed by atoms with Crippen LogP contribution >= 0.6 is 11.8 Å². The molecular formula is C21H37N5O7S. The largest absolute Gasteiger partial charge is 0.481 e. The molecule has 0 spiro atoms. The van der Waals surface area contributed by atoms with Crippen LogP contribution in [-0.2, 0) is 24.0 Å². The zero-order valence-electron chi connectivity index (χ0n) is 19.5. The van der Waals surface area contributed by atoms with Crippen molar-refractivity contribution in [1.82, 2.24) is 15.5 Å². The molecule has 0 aromatic carbocycles. The van der Waals surface area contributed by atoms with E-state index in [0.717, 1.165) is 6.42 Å². The van der Waals surface area contributed by atoms with Crippen LogP contribution in [0.5, 0.6) is 0 Å². The van der Waals surface area contributed by atoms with E-state index in [4.69, 9.17) is 16.6 Å². The third-order valence-corrected chi connectivity index (χ3v) is 6.27. The molecule has 0 aliphatic carbocycles. The summed E-state index contributed by atoms with van der Waals surface area (Å²) in [6.45, 7) is 0.846. The summed E-state index contributed by atoms with van der Waals surface area (Å²) in [5, 5.41) is 23.3. The summed E-state index contributed by atoms with van der Waals surface area (Å²) in [7, 11) is 0. The summed E-state index contributed by atoms with van der Waals surface area (Å²) in [6, 6.07) is -4.02. The molecule has 34 heavy (non-hydrogen) atoms. The number of nitrogens with two attached hydrogens (primary N) is 2. The van der Waals surface area contributed by atoms with Crippen molar-refractivity contribution in [1.29, 1.82) is 0 Å². The monoisotopic (exact) mass is 503 g/mol. The Kier molecular flexibility index (Phi) is 13.5. The number of carbonyl (C=O) groups is 5. The van der Waals surface area contributed by atoms with Crippen LogP contribution in [0.25, 0.3) is 0 Å². The summed E-state index contributed by atoms with van der Waals surface area (Å²) < 4.78 is 0. The molecule has 4 unspecified atom stereocenters. The molecule has 12 nitrogen and oxygen atoms in total. The Balaban J connectivity index is 2.87. The summed E-state index contributed by atoms with van der Waals surface area (Å²) in [5.41, 5.74) is 11.5. The number of hydrogen-bond donors (Lipinski definition) is 6. The Morgan fingerprint density at radius 2 is 1.76 bits per heavy atom. The molecular weight excluding hydrogens is 466 g/mol. The molecule has 0 aromatic heterocycles. The Bertz CT molecular complexity index is 724. The van der Waals surface area contributed by atoms with Crippen LogP contribution in [0.1, 0.15) is 51.4 Å². The number of nitrogens with one attached hydrogen (secondary N) is 2. The molecule has 1 rings (SSSR count). The number of rotatable bonds is 16. The number of carbonyl (C=O) groups excluding carboxylic acids is 3. The lowest BCUT2D eigenvalue weighted by molar-refractivity contribution is -0.143. The van der Waals surface area contributed by atoms with Gasteiger partial charge in [0.2, 0.25) is 17.7 Å². The van der Waals surface area contributed by atoms with Gasteiger partial charge in [0.25, 0.3) is 0 Å². The smallest absolute Gasteiger partial charge is 0.326 e. The van der Waals surface area contributed by atoms with Gasteiger partial charge in [0.05, 0.1) is 6.04 Å². The van der Waals surface area contributed by atoms with Gasteiger partial charge < -0.3 is 37.2 Å². The molecule has 13 heteroatoms. The first-order valence-electron chi connectivity index (χ1n) is 11.4. The van der Waals surface area contributed by atoms with E-state index in [-0.39, 0.29) is 18.7 Å². The van der Waals surface area contributed by atoms with Gasteiger partial charge in [-0.2, -0.15) is 11.8 Å². The van der Waals surface area contributed by atoms with Gasteiger partial charge in [-0.25, -0.2) is 4.79 Å². The summed E-state index contributed by atoms with van der Waals surface area (Å²) in [5.74, 6) is -3.62. The molecule has 0 aromatic rings. The third kappa shape index (κ3) is 9.85. The van der Waals surface area contributed by atoms with Gasteiger partial charge in [-0.3, -0.25) is 19.2 Å². The van der Waals surface area contributed by atoms with E-state index in [9.17, 15) is 29.1 Å². The SMILES string of the molecule is CSCCC(NC(=O)C(CCC(=O)O)NC(=O)C1CCCN1C(=O)C(N)CCCCN)C(=O)O. The second kappa shape index (κ2) is 15.5. The van der Waals surface area contributed by atoms with Crippen molar-refractivity contribution >= 4 is 41.4 Å². The average Bonchev–Trinajstić information content (AvgIpc) is 3.28. The summed E-state index contributed by atoms with van der Waals surface area (Å²) in [6.07, 6.45) is 4.18. The molecule has 1 heterocycles. The van der Waals surface area contributed by atoms with E-state index in [1.54, 1.807) is 6.26 Å². The lowest BCUT2D eigenvalue weighted by Crippen LogP contribution is -2.56. The van der Waals surface area contributed by atoms with E-state index in [1.165, 1.54) is 16.7 Å². The molecule has 0 saturated carbocycles. The number of unbranched alkanes of at least 4 members (excludes halogenated alkanes) is 1. The van der Waals surface area contributed by atoms with Crippen molar-refractivity contribution in [3.63, 3.8) is 0 Å². The van der Waals surface area contributed by atoms with Crippen LogP contribution in [0.2, 0.25) is 0 Å². The number of carboxylic acids is 2.